The number of fused-ring (bicyclic) bond motifs is 1. The van der Waals surface area contributed by atoms with Gasteiger partial charge in [0.2, 0.25) is 0 Å². The highest BCUT2D eigenvalue weighted by Crippen LogP contribution is 2.37. The minimum atomic E-state index is -0.355. The second kappa shape index (κ2) is 6.59. The third-order valence-electron chi connectivity index (χ3n) is 4.87. The fraction of sp³-hybridized carbons (Fsp3) is 0.0833. The van der Waals surface area contributed by atoms with Gasteiger partial charge in [0.1, 0.15) is 5.58 Å². The lowest BCUT2D eigenvalue weighted by Gasteiger charge is -2.15. The first-order chi connectivity index (χ1) is 13.1. The predicted octanol–water partition coefficient (Wildman–Crippen LogP) is 5.62. The average Bonchev–Trinajstić information content (AvgIpc) is 2.68. The molecular formula is C24H17NO2. The van der Waals surface area contributed by atoms with Crippen molar-refractivity contribution in [3.8, 4) is 28.3 Å². The highest BCUT2D eigenvalue weighted by Gasteiger charge is 2.16. The van der Waals surface area contributed by atoms with Crippen LogP contribution < -0.4 is 5.63 Å². The summed E-state index contributed by atoms with van der Waals surface area (Å²) in [5.41, 5.74) is 6.93. The third-order valence-corrected chi connectivity index (χ3v) is 4.87. The zero-order chi connectivity index (χ0) is 19.0. The highest BCUT2D eigenvalue weighted by molar-refractivity contribution is 6.00. The molecule has 0 N–H and O–H groups in total. The van der Waals surface area contributed by atoms with Gasteiger partial charge >= 0.3 is 5.63 Å². The zero-order valence-corrected chi connectivity index (χ0v) is 15.1. The van der Waals surface area contributed by atoms with E-state index in [9.17, 15) is 4.79 Å². The summed E-state index contributed by atoms with van der Waals surface area (Å²) in [5, 5.41) is 9.98. The minimum Gasteiger partial charge on any atom is -0.423 e. The van der Waals surface area contributed by atoms with Crippen molar-refractivity contribution in [1.29, 1.82) is 5.26 Å². The Morgan fingerprint density at radius 1 is 0.889 bits per heavy atom. The molecule has 0 atom stereocenters. The number of aryl methyl sites for hydroxylation is 2. The molecule has 1 aromatic heterocycles. The molecule has 0 aliphatic rings. The molecule has 0 radical (unpaired) electrons. The van der Waals surface area contributed by atoms with E-state index in [1.807, 2.05) is 67.6 Å². The van der Waals surface area contributed by atoms with Gasteiger partial charge < -0.3 is 4.42 Å². The van der Waals surface area contributed by atoms with Gasteiger partial charge in [-0.15, -0.1) is 0 Å². The minimum absolute atomic E-state index is 0.355. The molecule has 0 saturated heterocycles. The molecule has 0 spiro atoms. The summed E-state index contributed by atoms with van der Waals surface area (Å²) in [4.78, 5) is 12.1. The Kier molecular flexibility index (Phi) is 4.10. The molecule has 1 heterocycles. The second-order valence-electron chi connectivity index (χ2n) is 6.60. The smallest absolute Gasteiger partial charge is 0.336 e. The lowest BCUT2D eigenvalue weighted by molar-refractivity contribution is 0.561. The van der Waals surface area contributed by atoms with Gasteiger partial charge in [-0.3, -0.25) is 0 Å². The van der Waals surface area contributed by atoms with Gasteiger partial charge in [0.25, 0.3) is 0 Å². The average molecular weight is 351 g/mol. The molecule has 0 aliphatic heterocycles. The highest BCUT2D eigenvalue weighted by atomic mass is 16.4. The molecule has 0 bridgehead atoms. The van der Waals surface area contributed by atoms with Crippen LogP contribution in [0.25, 0.3) is 33.2 Å². The van der Waals surface area contributed by atoms with Crippen molar-refractivity contribution in [1.82, 2.24) is 0 Å². The molecule has 0 aliphatic carbocycles. The Morgan fingerprint density at radius 3 is 2.26 bits per heavy atom. The Labute approximate surface area is 157 Å². The normalized spacial score (nSPS) is 10.7. The first kappa shape index (κ1) is 16.8. The van der Waals surface area contributed by atoms with Crippen molar-refractivity contribution in [3.63, 3.8) is 0 Å². The molecule has 3 aromatic carbocycles. The van der Waals surface area contributed by atoms with E-state index >= 15 is 0 Å². The third kappa shape index (κ3) is 2.92. The molecule has 0 saturated carbocycles. The first-order valence-electron chi connectivity index (χ1n) is 8.72. The van der Waals surface area contributed by atoms with Crippen LogP contribution in [0, 0.1) is 25.2 Å². The topological polar surface area (TPSA) is 54.0 Å². The summed E-state index contributed by atoms with van der Waals surface area (Å²) in [6.45, 7) is 4.06. The Balaban J connectivity index is 2.07. The fourth-order valence-electron chi connectivity index (χ4n) is 3.69. The van der Waals surface area contributed by atoms with Crippen LogP contribution in [-0.2, 0) is 0 Å². The first-order valence-corrected chi connectivity index (χ1v) is 8.72. The van der Waals surface area contributed by atoms with Crippen molar-refractivity contribution >= 4 is 11.0 Å². The lowest BCUT2D eigenvalue weighted by atomic mass is 9.89. The van der Waals surface area contributed by atoms with Crippen LogP contribution >= 0.6 is 0 Å². The standard InChI is InChI=1S/C24H17NO2/c1-15-12-21-24(16(2)23(15)19-10-8-17(14-25)9-11-19)20(13-22(26)27-21)18-6-4-3-5-7-18/h3-13H,1-2H3. The summed E-state index contributed by atoms with van der Waals surface area (Å²) in [6, 6.07) is 23.1. The molecule has 3 heteroatoms. The molecule has 130 valence electrons. The molecule has 0 amide bonds. The molecule has 4 aromatic rings. The van der Waals surface area contributed by atoms with E-state index in [0.717, 1.165) is 38.8 Å². The molecule has 0 unspecified atom stereocenters. The van der Waals surface area contributed by atoms with Gasteiger partial charge in [-0.1, -0.05) is 42.5 Å². The number of nitrogens with zero attached hydrogens (tertiary/aromatic N) is 1. The van der Waals surface area contributed by atoms with Gasteiger partial charge in [0, 0.05) is 17.0 Å². The van der Waals surface area contributed by atoms with E-state index in [1.165, 1.54) is 0 Å². The molecular weight excluding hydrogens is 334 g/mol. The largest absolute Gasteiger partial charge is 0.423 e. The van der Waals surface area contributed by atoms with E-state index in [0.29, 0.717) is 11.1 Å². The molecule has 0 fully saturated rings. The molecule has 27 heavy (non-hydrogen) atoms. The Bertz CT molecular complexity index is 1240. The fourth-order valence-corrected chi connectivity index (χ4v) is 3.69. The summed E-state index contributed by atoms with van der Waals surface area (Å²) in [5.74, 6) is 0. The van der Waals surface area contributed by atoms with Crippen LogP contribution in [0.1, 0.15) is 16.7 Å². The van der Waals surface area contributed by atoms with Crippen LogP contribution in [0.15, 0.2) is 75.9 Å². The second-order valence-corrected chi connectivity index (χ2v) is 6.60. The van der Waals surface area contributed by atoms with E-state index in [4.69, 9.17) is 9.68 Å². The maximum atomic E-state index is 12.1. The van der Waals surface area contributed by atoms with Crippen molar-refractivity contribution < 1.29 is 4.42 Å². The van der Waals surface area contributed by atoms with Crippen LogP contribution in [0.2, 0.25) is 0 Å². The quantitative estimate of drug-likeness (QED) is 0.441. The van der Waals surface area contributed by atoms with Gasteiger partial charge in [-0.2, -0.15) is 5.26 Å². The van der Waals surface area contributed by atoms with Crippen molar-refractivity contribution in [2.45, 2.75) is 13.8 Å². The maximum Gasteiger partial charge on any atom is 0.336 e. The van der Waals surface area contributed by atoms with Crippen LogP contribution in [0.3, 0.4) is 0 Å². The van der Waals surface area contributed by atoms with Crippen LogP contribution in [0.4, 0.5) is 0 Å². The van der Waals surface area contributed by atoms with Crippen molar-refractivity contribution in [2.75, 3.05) is 0 Å². The number of rotatable bonds is 2. The zero-order valence-electron chi connectivity index (χ0n) is 15.1. The SMILES string of the molecule is Cc1cc2oc(=O)cc(-c3ccccc3)c2c(C)c1-c1ccc(C#N)cc1. The molecule has 3 nitrogen and oxygen atoms in total. The summed E-state index contributed by atoms with van der Waals surface area (Å²) in [7, 11) is 0. The van der Waals surface area contributed by atoms with Crippen molar-refractivity contribution in [3.05, 3.63) is 93.8 Å². The Hall–Kier alpha value is -3.64. The van der Waals surface area contributed by atoms with Crippen LogP contribution in [0.5, 0.6) is 0 Å². The number of hydrogen-bond donors (Lipinski definition) is 0. The van der Waals surface area contributed by atoms with E-state index in [1.54, 1.807) is 6.07 Å². The van der Waals surface area contributed by atoms with E-state index in [-0.39, 0.29) is 5.63 Å². The van der Waals surface area contributed by atoms with Crippen molar-refractivity contribution in [2.24, 2.45) is 0 Å². The lowest BCUT2D eigenvalue weighted by Crippen LogP contribution is -2.01. The molecule has 4 rings (SSSR count). The van der Waals surface area contributed by atoms with E-state index < -0.39 is 0 Å². The van der Waals surface area contributed by atoms with Gasteiger partial charge in [-0.05, 0) is 59.9 Å². The number of hydrogen-bond acceptors (Lipinski definition) is 3. The van der Waals surface area contributed by atoms with Gasteiger partial charge in [0.15, 0.2) is 0 Å². The number of nitriles is 1. The van der Waals surface area contributed by atoms with Gasteiger partial charge in [0.05, 0.1) is 11.6 Å². The maximum absolute atomic E-state index is 12.1. The van der Waals surface area contributed by atoms with E-state index in [2.05, 4.69) is 13.0 Å². The van der Waals surface area contributed by atoms with Crippen LogP contribution in [-0.4, -0.2) is 0 Å². The summed E-state index contributed by atoms with van der Waals surface area (Å²) < 4.78 is 5.51. The predicted molar refractivity (Wildman–Crippen MR) is 108 cm³/mol. The Morgan fingerprint density at radius 2 is 1.59 bits per heavy atom. The number of benzene rings is 3. The monoisotopic (exact) mass is 351 g/mol. The summed E-state index contributed by atoms with van der Waals surface area (Å²) >= 11 is 0. The summed E-state index contributed by atoms with van der Waals surface area (Å²) in [6.07, 6.45) is 0. The van der Waals surface area contributed by atoms with Gasteiger partial charge in [-0.25, -0.2) is 4.79 Å².